The molecule has 3 heteroatoms. The van der Waals surface area contributed by atoms with Gasteiger partial charge >= 0.3 is 0 Å². The van der Waals surface area contributed by atoms with Crippen LogP contribution in [-0.2, 0) is 6.42 Å². The van der Waals surface area contributed by atoms with Gasteiger partial charge in [0.25, 0.3) is 0 Å². The summed E-state index contributed by atoms with van der Waals surface area (Å²) in [5.74, 6) is 0.953. The molecule has 0 saturated carbocycles. The Bertz CT molecular complexity index is 505. The molecule has 1 aliphatic heterocycles. The number of aromatic nitrogens is 1. The van der Waals surface area contributed by atoms with Gasteiger partial charge in [-0.2, -0.15) is 0 Å². The molecule has 1 aromatic heterocycles. The zero-order valence-corrected chi connectivity index (χ0v) is 9.86. The summed E-state index contributed by atoms with van der Waals surface area (Å²) >= 11 is 0. The molecule has 0 saturated heterocycles. The highest BCUT2D eigenvalue weighted by Crippen LogP contribution is 2.34. The number of hydrogen-bond donors (Lipinski definition) is 2. The van der Waals surface area contributed by atoms with Gasteiger partial charge in [0.2, 0.25) is 0 Å². The summed E-state index contributed by atoms with van der Waals surface area (Å²) in [6.07, 6.45) is 4.99. The summed E-state index contributed by atoms with van der Waals surface area (Å²) < 4.78 is 5.78. The van der Waals surface area contributed by atoms with Crippen molar-refractivity contribution in [2.75, 3.05) is 11.9 Å². The molecule has 88 valence electrons. The van der Waals surface area contributed by atoms with E-state index in [9.17, 15) is 0 Å². The minimum atomic E-state index is 0.237. The molecule has 3 rings (SSSR count). The van der Waals surface area contributed by atoms with E-state index in [4.69, 9.17) is 4.74 Å². The van der Waals surface area contributed by atoms with Crippen LogP contribution in [0.5, 0.6) is 5.75 Å². The van der Waals surface area contributed by atoms with E-state index in [2.05, 4.69) is 41.5 Å². The molecule has 2 aromatic rings. The van der Waals surface area contributed by atoms with Crippen molar-refractivity contribution in [1.29, 1.82) is 0 Å². The predicted molar refractivity (Wildman–Crippen MR) is 68.5 cm³/mol. The highest BCUT2D eigenvalue weighted by Gasteiger charge is 2.20. The average molecular weight is 228 g/mol. The average Bonchev–Trinajstić information content (AvgIpc) is 2.91. The van der Waals surface area contributed by atoms with Crippen LogP contribution in [0.3, 0.4) is 0 Å². The van der Waals surface area contributed by atoms with E-state index in [1.807, 2.05) is 12.4 Å². The van der Waals surface area contributed by atoms with Crippen LogP contribution in [0.15, 0.2) is 36.7 Å². The number of fused-ring (bicyclic) bond motifs is 1. The van der Waals surface area contributed by atoms with Gasteiger partial charge in [-0.25, -0.2) is 0 Å². The molecule has 0 radical (unpaired) electrons. The van der Waals surface area contributed by atoms with E-state index in [1.165, 1.54) is 11.1 Å². The second-order valence-electron chi connectivity index (χ2n) is 4.34. The molecule has 0 aliphatic carbocycles. The zero-order valence-electron chi connectivity index (χ0n) is 9.86. The van der Waals surface area contributed by atoms with Gasteiger partial charge in [-0.3, -0.25) is 0 Å². The number of ether oxygens (including phenoxy) is 1. The molecule has 3 nitrogen and oxygen atoms in total. The molecular formula is C14H16N2O. The standard InChI is InChI=1S/C14H16N2O/c1-2-10-3-4-14-12(7-10)16-13(9-17-14)11-5-6-15-8-11/h3-8,13,15-16H,2,9H2,1H3. The Morgan fingerprint density at radius 1 is 1.35 bits per heavy atom. The normalized spacial score (nSPS) is 18.1. The summed E-state index contributed by atoms with van der Waals surface area (Å²) in [6.45, 7) is 2.84. The van der Waals surface area contributed by atoms with Crippen molar-refractivity contribution in [3.63, 3.8) is 0 Å². The predicted octanol–water partition coefficient (Wildman–Crippen LogP) is 3.12. The van der Waals surface area contributed by atoms with Crippen molar-refractivity contribution in [2.45, 2.75) is 19.4 Å². The Morgan fingerprint density at radius 3 is 3.06 bits per heavy atom. The van der Waals surface area contributed by atoms with Gasteiger partial charge in [0.1, 0.15) is 12.4 Å². The number of rotatable bonds is 2. The van der Waals surface area contributed by atoms with Crippen molar-refractivity contribution in [1.82, 2.24) is 4.98 Å². The van der Waals surface area contributed by atoms with Crippen LogP contribution in [0.2, 0.25) is 0 Å². The first-order valence-electron chi connectivity index (χ1n) is 6.02. The van der Waals surface area contributed by atoms with Crippen LogP contribution in [0, 0.1) is 0 Å². The van der Waals surface area contributed by atoms with Gasteiger partial charge in [-0.15, -0.1) is 0 Å². The SMILES string of the molecule is CCc1ccc2c(c1)NC(c1cc[nH]c1)CO2. The molecule has 0 amide bonds. The third-order valence-electron chi connectivity index (χ3n) is 3.21. The number of H-pyrrole nitrogens is 1. The van der Waals surface area contributed by atoms with Gasteiger partial charge in [-0.05, 0) is 35.7 Å². The molecule has 17 heavy (non-hydrogen) atoms. The van der Waals surface area contributed by atoms with Crippen LogP contribution in [0.25, 0.3) is 0 Å². The van der Waals surface area contributed by atoms with E-state index in [0.29, 0.717) is 6.61 Å². The molecule has 0 bridgehead atoms. The van der Waals surface area contributed by atoms with Crippen molar-refractivity contribution in [3.8, 4) is 5.75 Å². The summed E-state index contributed by atoms with van der Waals surface area (Å²) in [5.41, 5.74) is 3.66. The monoisotopic (exact) mass is 228 g/mol. The first kappa shape index (κ1) is 10.3. The first-order valence-corrected chi connectivity index (χ1v) is 6.02. The number of nitrogens with one attached hydrogen (secondary N) is 2. The van der Waals surface area contributed by atoms with Crippen LogP contribution < -0.4 is 10.1 Å². The lowest BCUT2D eigenvalue weighted by molar-refractivity contribution is 0.286. The largest absolute Gasteiger partial charge is 0.489 e. The van der Waals surface area contributed by atoms with Gasteiger partial charge < -0.3 is 15.0 Å². The Hall–Kier alpha value is -1.90. The van der Waals surface area contributed by atoms with Gasteiger partial charge in [0.15, 0.2) is 0 Å². The van der Waals surface area contributed by atoms with Gasteiger partial charge in [0, 0.05) is 12.4 Å². The fraction of sp³-hybridized carbons (Fsp3) is 0.286. The second-order valence-corrected chi connectivity index (χ2v) is 4.34. The third kappa shape index (κ3) is 1.88. The highest BCUT2D eigenvalue weighted by molar-refractivity contribution is 5.60. The van der Waals surface area contributed by atoms with Gasteiger partial charge in [0.05, 0.1) is 11.7 Å². The lowest BCUT2D eigenvalue weighted by atomic mass is 10.1. The molecule has 2 N–H and O–H groups in total. The van der Waals surface area contributed by atoms with E-state index < -0.39 is 0 Å². The molecular weight excluding hydrogens is 212 g/mol. The van der Waals surface area contributed by atoms with E-state index in [0.717, 1.165) is 17.9 Å². The number of aryl methyl sites for hydroxylation is 1. The summed E-state index contributed by atoms with van der Waals surface area (Å²) in [6, 6.07) is 8.66. The minimum absolute atomic E-state index is 0.237. The maximum absolute atomic E-state index is 5.78. The number of anilines is 1. The molecule has 1 aliphatic rings. The van der Waals surface area contributed by atoms with E-state index >= 15 is 0 Å². The first-order chi connectivity index (χ1) is 8.36. The summed E-state index contributed by atoms with van der Waals surface area (Å²) in [7, 11) is 0. The van der Waals surface area contributed by atoms with Crippen LogP contribution in [0.4, 0.5) is 5.69 Å². The summed E-state index contributed by atoms with van der Waals surface area (Å²) in [5, 5.41) is 3.53. The molecule has 1 atom stereocenters. The number of benzene rings is 1. The highest BCUT2D eigenvalue weighted by atomic mass is 16.5. The van der Waals surface area contributed by atoms with Crippen LogP contribution >= 0.6 is 0 Å². The smallest absolute Gasteiger partial charge is 0.142 e. The molecule has 1 aromatic carbocycles. The topological polar surface area (TPSA) is 37.0 Å². The molecule has 0 spiro atoms. The third-order valence-corrected chi connectivity index (χ3v) is 3.21. The number of aromatic amines is 1. The minimum Gasteiger partial charge on any atom is -0.489 e. The fourth-order valence-electron chi connectivity index (χ4n) is 2.17. The lowest BCUT2D eigenvalue weighted by Gasteiger charge is -2.27. The summed E-state index contributed by atoms with van der Waals surface area (Å²) in [4.78, 5) is 3.08. The van der Waals surface area contributed by atoms with Crippen LogP contribution in [-0.4, -0.2) is 11.6 Å². The van der Waals surface area contributed by atoms with E-state index in [1.54, 1.807) is 0 Å². The van der Waals surface area contributed by atoms with Gasteiger partial charge in [-0.1, -0.05) is 13.0 Å². The molecule has 1 unspecified atom stereocenters. The van der Waals surface area contributed by atoms with Crippen molar-refractivity contribution < 1.29 is 4.74 Å². The Morgan fingerprint density at radius 2 is 2.29 bits per heavy atom. The number of hydrogen-bond acceptors (Lipinski definition) is 2. The Labute approximate surface area is 101 Å². The quantitative estimate of drug-likeness (QED) is 0.828. The molecule has 2 heterocycles. The van der Waals surface area contributed by atoms with Crippen molar-refractivity contribution in [3.05, 3.63) is 47.8 Å². The maximum Gasteiger partial charge on any atom is 0.142 e. The maximum atomic E-state index is 5.78. The second kappa shape index (κ2) is 4.17. The molecule has 0 fully saturated rings. The van der Waals surface area contributed by atoms with Crippen molar-refractivity contribution >= 4 is 5.69 Å². The zero-order chi connectivity index (χ0) is 11.7. The fourth-order valence-corrected chi connectivity index (χ4v) is 2.17. The van der Waals surface area contributed by atoms with E-state index in [-0.39, 0.29) is 6.04 Å². The Balaban J connectivity index is 1.89. The lowest BCUT2D eigenvalue weighted by Crippen LogP contribution is -2.23. The van der Waals surface area contributed by atoms with Crippen molar-refractivity contribution in [2.24, 2.45) is 0 Å². The Kier molecular flexibility index (Phi) is 2.52. The van der Waals surface area contributed by atoms with Crippen LogP contribution in [0.1, 0.15) is 24.1 Å².